The van der Waals surface area contributed by atoms with Gasteiger partial charge in [0.25, 0.3) is 5.91 Å². The van der Waals surface area contributed by atoms with E-state index < -0.39 is 15.9 Å². The predicted molar refractivity (Wildman–Crippen MR) is 108 cm³/mol. The summed E-state index contributed by atoms with van der Waals surface area (Å²) in [6.07, 6.45) is 0. The smallest absolute Gasteiger partial charge is 0.287 e. The monoisotopic (exact) mass is 438 g/mol. The quantitative estimate of drug-likeness (QED) is 0.616. The van der Waals surface area contributed by atoms with Gasteiger partial charge in [0.05, 0.1) is 16.0 Å². The van der Waals surface area contributed by atoms with Crippen LogP contribution < -0.4 is 10.5 Å². The molecule has 0 saturated carbocycles. The molecule has 0 aliphatic heterocycles. The maximum Gasteiger partial charge on any atom is 0.287 e. The third-order valence-electron chi connectivity index (χ3n) is 4.08. The molecular weight excluding hydrogens is 423 g/mol. The molecule has 0 saturated heterocycles. The Kier molecular flexibility index (Phi) is 5.81. The van der Waals surface area contributed by atoms with Crippen LogP contribution in [0.25, 0.3) is 11.3 Å². The second-order valence-corrected chi connectivity index (χ2v) is 8.50. The number of halogens is 2. The summed E-state index contributed by atoms with van der Waals surface area (Å²) in [5, 5.41) is 8.79. The largest absolute Gasteiger partial charge is 0.451 e. The molecule has 146 valence electrons. The Balaban J connectivity index is 1.74. The van der Waals surface area contributed by atoms with Gasteiger partial charge in [-0.15, -0.1) is 0 Å². The molecule has 3 rings (SSSR count). The Morgan fingerprint density at radius 3 is 2.36 bits per heavy atom. The predicted octanol–water partition coefficient (Wildman–Crippen LogP) is 4.39. The van der Waals surface area contributed by atoms with E-state index in [-0.39, 0.29) is 16.7 Å². The van der Waals surface area contributed by atoms with Crippen molar-refractivity contribution >= 4 is 39.1 Å². The first-order valence-corrected chi connectivity index (χ1v) is 10.4. The maximum atomic E-state index is 12.5. The first-order valence-electron chi connectivity index (χ1n) is 8.14. The van der Waals surface area contributed by atoms with Crippen molar-refractivity contribution in [3.8, 4) is 11.3 Å². The highest BCUT2D eigenvalue weighted by atomic mass is 35.5. The van der Waals surface area contributed by atoms with E-state index in [1.54, 1.807) is 49.4 Å². The summed E-state index contributed by atoms with van der Waals surface area (Å²) in [7, 11) is -3.76. The van der Waals surface area contributed by atoms with Gasteiger partial charge in [0.2, 0.25) is 10.0 Å². The van der Waals surface area contributed by atoms with Gasteiger partial charge in [-0.1, -0.05) is 35.3 Å². The third kappa shape index (κ3) is 4.56. The number of benzene rings is 2. The van der Waals surface area contributed by atoms with Crippen molar-refractivity contribution in [2.75, 3.05) is 0 Å². The van der Waals surface area contributed by atoms with Crippen molar-refractivity contribution in [1.82, 2.24) is 5.32 Å². The van der Waals surface area contributed by atoms with Crippen molar-refractivity contribution in [1.29, 1.82) is 0 Å². The zero-order chi connectivity index (χ0) is 20.5. The van der Waals surface area contributed by atoms with Crippen molar-refractivity contribution in [2.24, 2.45) is 5.14 Å². The second-order valence-electron chi connectivity index (χ2n) is 6.10. The average Bonchev–Trinajstić information content (AvgIpc) is 3.11. The van der Waals surface area contributed by atoms with Crippen LogP contribution in [0.15, 0.2) is 63.9 Å². The lowest BCUT2D eigenvalue weighted by Crippen LogP contribution is -2.26. The highest BCUT2D eigenvalue weighted by molar-refractivity contribution is 7.89. The first kappa shape index (κ1) is 20.4. The van der Waals surface area contributed by atoms with Gasteiger partial charge in [-0.3, -0.25) is 4.79 Å². The molecule has 0 spiro atoms. The molecule has 0 unspecified atom stereocenters. The molecule has 1 amide bonds. The lowest BCUT2D eigenvalue weighted by molar-refractivity contribution is 0.0912. The molecule has 0 bridgehead atoms. The number of nitrogens with two attached hydrogens (primary N) is 1. The van der Waals surface area contributed by atoms with Crippen LogP contribution in [-0.2, 0) is 10.0 Å². The number of amides is 1. The fraction of sp³-hybridized carbons (Fsp3) is 0.105. The fourth-order valence-electron chi connectivity index (χ4n) is 2.59. The van der Waals surface area contributed by atoms with E-state index in [1.165, 1.54) is 12.1 Å². The van der Waals surface area contributed by atoms with E-state index >= 15 is 0 Å². The van der Waals surface area contributed by atoms with E-state index in [2.05, 4.69) is 5.32 Å². The van der Waals surface area contributed by atoms with Gasteiger partial charge in [0.1, 0.15) is 5.76 Å². The third-order valence-corrected chi connectivity index (χ3v) is 5.56. The Morgan fingerprint density at radius 2 is 1.75 bits per heavy atom. The number of rotatable bonds is 5. The summed E-state index contributed by atoms with van der Waals surface area (Å²) in [6, 6.07) is 13.8. The van der Waals surface area contributed by atoms with Crippen LogP contribution in [0.4, 0.5) is 0 Å². The van der Waals surface area contributed by atoms with Gasteiger partial charge in [-0.2, -0.15) is 0 Å². The van der Waals surface area contributed by atoms with E-state index in [9.17, 15) is 13.2 Å². The van der Waals surface area contributed by atoms with Crippen LogP contribution in [0.5, 0.6) is 0 Å². The van der Waals surface area contributed by atoms with Gasteiger partial charge in [-0.05, 0) is 55.0 Å². The van der Waals surface area contributed by atoms with Crippen molar-refractivity contribution in [3.05, 3.63) is 76.0 Å². The Morgan fingerprint density at radius 1 is 1.07 bits per heavy atom. The Labute approximate surface area is 172 Å². The SMILES string of the molecule is C[C@@H](NC(=O)c1ccc(-c2ccc(Cl)cc2Cl)o1)c1ccc(S(N)(=O)=O)cc1. The van der Waals surface area contributed by atoms with Gasteiger partial charge in [-0.25, -0.2) is 13.6 Å². The number of hydrogen-bond donors (Lipinski definition) is 2. The van der Waals surface area contributed by atoms with Gasteiger partial charge < -0.3 is 9.73 Å². The summed E-state index contributed by atoms with van der Waals surface area (Å²) in [6.45, 7) is 1.77. The summed E-state index contributed by atoms with van der Waals surface area (Å²) < 4.78 is 28.3. The average molecular weight is 439 g/mol. The zero-order valence-corrected chi connectivity index (χ0v) is 17.0. The molecule has 3 aromatic rings. The van der Waals surface area contributed by atoms with Crippen LogP contribution in [-0.4, -0.2) is 14.3 Å². The van der Waals surface area contributed by atoms with E-state index in [0.717, 1.165) is 0 Å². The van der Waals surface area contributed by atoms with Gasteiger partial charge in [0, 0.05) is 10.6 Å². The summed E-state index contributed by atoms with van der Waals surface area (Å²) in [5.41, 5.74) is 1.34. The minimum Gasteiger partial charge on any atom is -0.451 e. The molecule has 2 aromatic carbocycles. The maximum absolute atomic E-state index is 12.5. The molecule has 0 aliphatic rings. The number of primary sulfonamides is 1. The topological polar surface area (TPSA) is 102 Å². The van der Waals surface area contributed by atoms with E-state index in [1.807, 2.05) is 0 Å². The molecule has 0 aliphatic carbocycles. The molecule has 9 heteroatoms. The van der Waals surface area contributed by atoms with Crippen LogP contribution in [0.3, 0.4) is 0 Å². The number of carbonyl (C=O) groups is 1. The Hall–Kier alpha value is -2.32. The first-order chi connectivity index (χ1) is 13.1. The highest BCUT2D eigenvalue weighted by Gasteiger charge is 2.17. The molecule has 1 aromatic heterocycles. The lowest BCUT2D eigenvalue weighted by atomic mass is 10.1. The molecule has 1 atom stereocenters. The Bertz CT molecular complexity index is 1130. The number of sulfonamides is 1. The molecule has 0 fully saturated rings. The highest BCUT2D eigenvalue weighted by Crippen LogP contribution is 2.31. The summed E-state index contributed by atoms with van der Waals surface area (Å²) >= 11 is 12.1. The minimum absolute atomic E-state index is 0.00490. The minimum atomic E-state index is -3.76. The lowest BCUT2D eigenvalue weighted by Gasteiger charge is -2.13. The number of hydrogen-bond acceptors (Lipinski definition) is 4. The molecular formula is C19H16Cl2N2O4S. The van der Waals surface area contributed by atoms with Crippen molar-refractivity contribution in [3.63, 3.8) is 0 Å². The fourth-order valence-corrected chi connectivity index (χ4v) is 3.61. The number of carbonyl (C=O) groups excluding carboxylic acids is 1. The zero-order valence-electron chi connectivity index (χ0n) is 14.6. The standard InChI is InChI=1S/C19H16Cl2N2O4S/c1-11(12-2-5-14(6-3-12)28(22,25)26)23-19(24)18-9-8-17(27-18)15-7-4-13(20)10-16(15)21/h2-11H,1H3,(H,23,24)(H2,22,25,26)/t11-/m1/s1. The van der Waals surface area contributed by atoms with Crippen LogP contribution in [0.2, 0.25) is 10.0 Å². The molecule has 1 heterocycles. The number of furan rings is 1. The van der Waals surface area contributed by atoms with Crippen molar-refractivity contribution < 1.29 is 17.6 Å². The van der Waals surface area contributed by atoms with Crippen LogP contribution >= 0.6 is 23.2 Å². The van der Waals surface area contributed by atoms with Gasteiger partial charge in [0.15, 0.2) is 5.76 Å². The normalized spacial score (nSPS) is 12.6. The summed E-state index contributed by atoms with van der Waals surface area (Å²) in [4.78, 5) is 12.5. The molecule has 0 radical (unpaired) electrons. The van der Waals surface area contributed by atoms with Gasteiger partial charge >= 0.3 is 0 Å². The van der Waals surface area contributed by atoms with Crippen LogP contribution in [0.1, 0.15) is 29.1 Å². The molecule has 3 N–H and O–H groups in total. The summed E-state index contributed by atoms with van der Waals surface area (Å²) in [5.74, 6) is 0.144. The van der Waals surface area contributed by atoms with E-state index in [0.29, 0.717) is 26.9 Å². The van der Waals surface area contributed by atoms with E-state index in [4.69, 9.17) is 32.8 Å². The number of nitrogens with one attached hydrogen (secondary N) is 1. The van der Waals surface area contributed by atoms with Crippen molar-refractivity contribution in [2.45, 2.75) is 17.9 Å². The molecule has 6 nitrogen and oxygen atoms in total. The molecule has 28 heavy (non-hydrogen) atoms. The van der Waals surface area contributed by atoms with Crippen LogP contribution in [0, 0.1) is 0 Å². The second kappa shape index (κ2) is 7.97.